The number of carbonyl (C=O) groups excluding carboxylic acids is 2. The van der Waals surface area contributed by atoms with Crippen molar-refractivity contribution in [1.82, 2.24) is 0 Å². The number of aromatic carboxylic acids is 1. The number of carboxylic acids is 1. The van der Waals surface area contributed by atoms with Gasteiger partial charge < -0.3 is 24.1 Å². The number of rotatable bonds is 10. The SMILES string of the molecule is CC(=O)OCCOCCOCCOC(C)=O.O=C(O)c1ccccc1. The van der Waals surface area contributed by atoms with Gasteiger partial charge in [-0.3, -0.25) is 9.59 Å². The Labute approximate surface area is 146 Å². The van der Waals surface area contributed by atoms with Crippen molar-refractivity contribution in [2.24, 2.45) is 0 Å². The molecule has 1 N–H and O–H groups in total. The molecule has 0 fully saturated rings. The molecule has 0 heterocycles. The van der Waals surface area contributed by atoms with Crippen molar-refractivity contribution < 1.29 is 38.4 Å². The van der Waals surface area contributed by atoms with Crippen LogP contribution in [-0.2, 0) is 28.5 Å². The molecule has 0 atom stereocenters. The normalized spacial score (nSPS) is 9.52. The molecular formula is C17H24O8. The first-order valence-corrected chi connectivity index (χ1v) is 7.64. The number of carbonyl (C=O) groups is 3. The molecule has 8 nitrogen and oxygen atoms in total. The molecule has 140 valence electrons. The molecule has 0 aliphatic carbocycles. The average molecular weight is 356 g/mol. The van der Waals surface area contributed by atoms with Crippen LogP contribution in [0.15, 0.2) is 30.3 Å². The minimum absolute atomic E-state index is 0.253. The zero-order chi connectivity index (χ0) is 18.9. The summed E-state index contributed by atoms with van der Waals surface area (Å²) in [7, 11) is 0. The van der Waals surface area contributed by atoms with Crippen molar-refractivity contribution in [1.29, 1.82) is 0 Å². The predicted molar refractivity (Wildman–Crippen MR) is 88.3 cm³/mol. The zero-order valence-corrected chi connectivity index (χ0v) is 14.4. The molecule has 0 spiro atoms. The number of ether oxygens (including phenoxy) is 4. The van der Waals surface area contributed by atoms with Crippen molar-refractivity contribution in [2.45, 2.75) is 13.8 Å². The van der Waals surface area contributed by atoms with Gasteiger partial charge in [-0.2, -0.15) is 0 Å². The Balaban J connectivity index is 0.000000535. The summed E-state index contributed by atoms with van der Waals surface area (Å²) in [6, 6.07) is 8.30. The Hall–Kier alpha value is -2.45. The lowest BCUT2D eigenvalue weighted by molar-refractivity contribution is -0.144. The van der Waals surface area contributed by atoms with Gasteiger partial charge in [-0.15, -0.1) is 0 Å². The Morgan fingerprint density at radius 2 is 1.16 bits per heavy atom. The predicted octanol–water partition coefficient (Wildman–Crippen LogP) is 1.53. The maximum absolute atomic E-state index is 10.4. The van der Waals surface area contributed by atoms with Crippen LogP contribution in [0.4, 0.5) is 0 Å². The number of esters is 2. The van der Waals surface area contributed by atoms with Crippen molar-refractivity contribution in [3.63, 3.8) is 0 Å². The zero-order valence-electron chi connectivity index (χ0n) is 14.4. The Morgan fingerprint density at radius 1 is 0.760 bits per heavy atom. The van der Waals surface area contributed by atoms with Crippen molar-refractivity contribution >= 4 is 17.9 Å². The van der Waals surface area contributed by atoms with Crippen LogP contribution in [0.25, 0.3) is 0 Å². The number of benzene rings is 1. The molecule has 25 heavy (non-hydrogen) atoms. The van der Waals surface area contributed by atoms with Gasteiger partial charge in [0.2, 0.25) is 0 Å². The number of hydrogen-bond donors (Lipinski definition) is 1. The third kappa shape index (κ3) is 16.2. The van der Waals surface area contributed by atoms with Gasteiger partial charge in [0.1, 0.15) is 13.2 Å². The second kappa shape index (κ2) is 15.1. The standard InChI is InChI=1S/C10H18O6.C7H6O2/c1-9(11)15-7-5-13-3-4-14-6-8-16-10(2)12;8-7(9)6-4-2-1-3-5-6/h3-8H2,1-2H3;1-5H,(H,8,9). The van der Waals surface area contributed by atoms with Gasteiger partial charge in [0.25, 0.3) is 0 Å². The van der Waals surface area contributed by atoms with Gasteiger partial charge in [0, 0.05) is 13.8 Å². The highest BCUT2D eigenvalue weighted by atomic mass is 16.6. The molecule has 0 unspecified atom stereocenters. The summed E-state index contributed by atoms with van der Waals surface area (Å²) in [5, 5.41) is 8.38. The summed E-state index contributed by atoms with van der Waals surface area (Å²) in [5.74, 6) is -1.52. The second-order valence-corrected chi connectivity index (χ2v) is 4.58. The molecule has 1 aromatic carbocycles. The quantitative estimate of drug-likeness (QED) is 0.497. The molecule has 0 aliphatic heterocycles. The molecule has 0 radical (unpaired) electrons. The highest BCUT2D eigenvalue weighted by Crippen LogP contribution is 1.96. The minimum Gasteiger partial charge on any atom is -0.478 e. The smallest absolute Gasteiger partial charge is 0.335 e. The molecule has 0 bridgehead atoms. The molecule has 0 aliphatic rings. The monoisotopic (exact) mass is 356 g/mol. The van der Waals surface area contributed by atoms with E-state index >= 15 is 0 Å². The van der Waals surface area contributed by atoms with Gasteiger partial charge in [-0.1, -0.05) is 18.2 Å². The van der Waals surface area contributed by atoms with E-state index in [9.17, 15) is 14.4 Å². The van der Waals surface area contributed by atoms with Gasteiger partial charge >= 0.3 is 17.9 Å². The van der Waals surface area contributed by atoms with E-state index in [-0.39, 0.29) is 25.2 Å². The molecule has 0 amide bonds. The number of carboxylic acid groups (broad SMARTS) is 1. The fourth-order valence-corrected chi connectivity index (χ4v) is 1.39. The average Bonchev–Trinajstić information content (AvgIpc) is 2.57. The van der Waals surface area contributed by atoms with Gasteiger partial charge in [-0.25, -0.2) is 4.79 Å². The van der Waals surface area contributed by atoms with Crippen LogP contribution >= 0.6 is 0 Å². The Morgan fingerprint density at radius 3 is 1.48 bits per heavy atom. The summed E-state index contributed by atoms with van der Waals surface area (Å²) in [6.45, 7) is 4.74. The second-order valence-electron chi connectivity index (χ2n) is 4.58. The first-order valence-electron chi connectivity index (χ1n) is 7.64. The molecule has 0 aromatic heterocycles. The topological polar surface area (TPSA) is 108 Å². The van der Waals surface area contributed by atoms with Crippen LogP contribution in [0.1, 0.15) is 24.2 Å². The highest BCUT2D eigenvalue weighted by Gasteiger charge is 1.97. The molecule has 1 aromatic rings. The fourth-order valence-electron chi connectivity index (χ4n) is 1.39. The lowest BCUT2D eigenvalue weighted by Gasteiger charge is -2.06. The third-order valence-corrected chi connectivity index (χ3v) is 2.46. The summed E-state index contributed by atoms with van der Waals surface area (Å²) >= 11 is 0. The van der Waals surface area contributed by atoms with Gasteiger partial charge in [-0.05, 0) is 12.1 Å². The molecular weight excluding hydrogens is 332 g/mol. The first-order chi connectivity index (χ1) is 11.9. The maximum Gasteiger partial charge on any atom is 0.335 e. The van der Waals surface area contributed by atoms with Crippen LogP contribution in [0, 0.1) is 0 Å². The van der Waals surface area contributed by atoms with Crippen LogP contribution in [0.2, 0.25) is 0 Å². The van der Waals surface area contributed by atoms with E-state index in [1.165, 1.54) is 13.8 Å². The molecule has 0 saturated carbocycles. The molecule has 0 saturated heterocycles. The van der Waals surface area contributed by atoms with Gasteiger partial charge in [0.15, 0.2) is 0 Å². The van der Waals surface area contributed by atoms with E-state index in [1.807, 2.05) is 0 Å². The van der Waals surface area contributed by atoms with E-state index in [0.29, 0.717) is 32.0 Å². The molecule has 8 heteroatoms. The minimum atomic E-state index is -0.879. The van der Waals surface area contributed by atoms with Crippen molar-refractivity contribution in [2.75, 3.05) is 39.6 Å². The van der Waals surface area contributed by atoms with Crippen LogP contribution in [0.3, 0.4) is 0 Å². The van der Waals surface area contributed by atoms with E-state index in [0.717, 1.165) is 0 Å². The van der Waals surface area contributed by atoms with E-state index < -0.39 is 5.97 Å². The first kappa shape index (κ1) is 22.6. The molecule has 1 rings (SSSR count). The van der Waals surface area contributed by atoms with E-state index in [4.69, 9.17) is 14.6 Å². The largest absolute Gasteiger partial charge is 0.478 e. The fraction of sp³-hybridized carbons (Fsp3) is 0.471. The summed E-state index contributed by atoms with van der Waals surface area (Å²) in [6.07, 6.45) is 0. The third-order valence-electron chi connectivity index (χ3n) is 2.46. The summed E-state index contributed by atoms with van der Waals surface area (Å²) < 4.78 is 19.5. The lowest BCUT2D eigenvalue weighted by atomic mass is 10.2. The summed E-state index contributed by atoms with van der Waals surface area (Å²) in [5.41, 5.74) is 0.331. The van der Waals surface area contributed by atoms with E-state index in [2.05, 4.69) is 9.47 Å². The van der Waals surface area contributed by atoms with Crippen LogP contribution in [0.5, 0.6) is 0 Å². The van der Waals surface area contributed by atoms with Crippen LogP contribution < -0.4 is 0 Å². The van der Waals surface area contributed by atoms with Crippen LogP contribution in [-0.4, -0.2) is 62.7 Å². The maximum atomic E-state index is 10.4. The van der Waals surface area contributed by atoms with Crippen molar-refractivity contribution in [3.8, 4) is 0 Å². The Kier molecular flexibility index (Phi) is 13.6. The highest BCUT2D eigenvalue weighted by molar-refractivity contribution is 5.87. The Bertz CT molecular complexity index is 479. The summed E-state index contributed by atoms with van der Waals surface area (Å²) in [4.78, 5) is 30.9. The van der Waals surface area contributed by atoms with Crippen molar-refractivity contribution in [3.05, 3.63) is 35.9 Å². The van der Waals surface area contributed by atoms with Gasteiger partial charge in [0.05, 0.1) is 32.0 Å². The lowest BCUT2D eigenvalue weighted by Crippen LogP contribution is -2.13. The van der Waals surface area contributed by atoms with E-state index in [1.54, 1.807) is 30.3 Å². The number of hydrogen-bond acceptors (Lipinski definition) is 7.